The molecule has 1 nitrogen and oxygen atoms in total. The average Bonchev–Trinajstić information content (AvgIpc) is 2.78. The minimum atomic E-state index is -0.302. The molecular formula is C13H17ClFN. The van der Waals surface area contributed by atoms with Gasteiger partial charge < -0.3 is 5.32 Å². The van der Waals surface area contributed by atoms with Crippen LogP contribution in [-0.2, 0) is 0 Å². The second-order valence-corrected chi connectivity index (χ2v) is 4.85. The first kappa shape index (κ1) is 11.9. The van der Waals surface area contributed by atoms with E-state index in [1.165, 1.54) is 6.42 Å². The SMILES string of the molecule is CCC(c1ccc(Cl)c(F)c1)C1CCNC1. The minimum Gasteiger partial charge on any atom is -0.316 e. The molecule has 0 bridgehead atoms. The van der Waals surface area contributed by atoms with Gasteiger partial charge in [-0.05, 0) is 55.5 Å². The number of hydrogen-bond acceptors (Lipinski definition) is 1. The lowest BCUT2D eigenvalue weighted by molar-refractivity contribution is 0.444. The van der Waals surface area contributed by atoms with Gasteiger partial charge in [0.1, 0.15) is 5.82 Å². The maximum atomic E-state index is 13.4. The fourth-order valence-corrected chi connectivity index (χ4v) is 2.72. The normalized spacial score (nSPS) is 22.3. The van der Waals surface area contributed by atoms with E-state index < -0.39 is 0 Å². The number of benzene rings is 1. The van der Waals surface area contributed by atoms with Gasteiger partial charge in [-0.1, -0.05) is 24.6 Å². The Balaban J connectivity index is 2.22. The quantitative estimate of drug-likeness (QED) is 0.853. The third-order valence-corrected chi connectivity index (χ3v) is 3.79. The summed E-state index contributed by atoms with van der Waals surface area (Å²) in [7, 11) is 0. The molecule has 1 aliphatic heterocycles. The number of rotatable bonds is 3. The monoisotopic (exact) mass is 241 g/mol. The van der Waals surface area contributed by atoms with Gasteiger partial charge in [-0.15, -0.1) is 0 Å². The Kier molecular flexibility index (Phi) is 3.82. The van der Waals surface area contributed by atoms with Crippen molar-refractivity contribution in [3.8, 4) is 0 Å². The number of hydrogen-bond donors (Lipinski definition) is 1. The first-order valence-electron chi connectivity index (χ1n) is 5.88. The summed E-state index contributed by atoms with van der Waals surface area (Å²) in [5, 5.41) is 3.57. The van der Waals surface area contributed by atoms with Crippen molar-refractivity contribution in [1.29, 1.82) is 0 Å². The molecule has 0 amide bonds. The molecule has 1 heterocycles. The van der Waals surface area contributed by atoms with E-state index >= 15 is 0 Å². The van der Waals surface area contributed by atoms with Crippen LogP contribution in [-0.4, -0.2) is 13.1 Å². The van der Waals surface area contributed by atoms with Crippen molar-refractivity contribution < 1.29 is 4.39 Å². The van der Waals surface area contributed by atoms with Gasteiger partial charge in [0.25, 0.3) is 0 Å². The van der Waals surface area contributed by atoms with Gasteiger partial charge in [0.15, 0.2) is 0 Å². The lowest BCUT2D eigenvalue weighted by Crippen LogP contribution is -2.16. The van der Waals surface area contributed by atoms with Crippen LogP contribution in [0.15, 0.2) is 18.2 Å². The molecule has 0 spiro atoms. The Morgan fingerprint density at radius 1 is 1.56 bits per heavy atom. The predicted molar refractivity (Wildman–Crippen MR) is 65.4 cm³/mol. The summed E-state index contributed by atoms with van der Waals surface area (Å²) in [6.45, 7) is 4.29. The number of nitrogens with one attached hydrogen (secondary N) is 1. The van der Waals surface area contributed by atoms with Gasteiger partial charge in [0, 0.05) is 0 Å². The highest BCUT2D eigenvalue weighted by molar-refractivity contribution is 6.30. The van der Waals surface area contributed by atoms with E-state index in [1.54, 1.807) is 12.1 Å². The highest BCUT2D eigenvalue weighted by Gasteiger charge is 2.25. The fourth-order valence-electron chi connectivity index (χ4n) is 2.60. The van der Waals surface area contributed by atoms with Crippen molar-refractivity contribution in [2.75, 3.05) is 13.1 Å². The van der Waals surface area contributed by atoms with Gasteiger partial charge in [0.05, 0.1) is 5.02 Å². The summed E-state index contributed by atoms with van der Waals surface area (Å²) in [6.07, 6.45) is 2.23. The van der Waals surface area contributed by atoms with E-state index in [-0.39, 0.29) is 10.8 Å². The van der Waals surface area contributed by atoms with Crippen molar-refractivity contribution in [3.05, 3.63) is 34.6 Å². The molecule has 1 fully saturated rings. The summed E-state index contributed by atoms with van der Waals surface area (Å²) >= 11 is 5.70. The minimum absolute atomic E-state index is 0.211. The van der Waals surface area contributed by atoms with Gasteiger partial charge >= 0.3 is 0 Å². The maximum Gasteiger partial charge on any atom is 0.142 e. The van der Waals surface area contributed by atoms with Crippen molar-refractivity contribution >= 4 is 11.6 Å². The van der Waals surface area contributed by atoms with Crippen LogP contribution in [0.3, 0.4) is 0 Å². The van der Waals surface area contributed by atoms with E-state index in [1.807, 2.05) is 6.07 Å². The standard InChI is InChI=1S/C13H17ClFN/c1-2-11(10-5-6-16-8-10)9-3-4-12(14)13(15)7-9/h3-4,7,10-11,16H,2,5-6,8H2,1H3. The second-order valence-electron chi connectivity index (χ2n) is 4.44. The van der Waals surface area contributed by atoms with Gasteiger partial charge in [-0.3, -0.25) is 0 Å². The summed E-state index contributed by atoms with van der Waals surface area (Å²) < 4.78 is 13.4. The zero-order chi connectivity index (χ0) is 11.5. The molecule has 1 aromatic carbocycles. The Morgan fingerprint density at radius 3 is 2.94 bits per heavy atom. The van der Waals surface area contributed by atoms with Gasteiger partial charge in [-0.2, -0.15) is 0 Å². The largest absolute Gasteiger partial charge is 0.316 e. The molecule has 2 unspecified atom stereocenters. The van der Waals surface area contributed by atoms with Crippen LogP contribution in [0.5, 0.6) is 0 Å². The van der Waals surface area contributed by atoms with Gasteiger partial charge in [-0.25, -0.2) is 4.39 Å². The Morgan fingerprint density at radius 2 is 2.38 bits per heavy atom. The summed E-state index contributed by atoms with van der Waals surface area (Å²) in [6, 6.07) is 5.21. The molecule has 16 heavy (non-hydrogen) atoms. The highest BCUT2D eigenvalue weighted by Crippen LogP contribution is 2.33. The van der Waals surface area contributed by atoms with E-state index in [0.29, 0.717) is 11.8 Å². The van der Waals surface area contributed by atoms with Crippen molar-refractivity contribution in [2.24, 2.45) is 5.92 Å². The van der Waals surface area contributed by atoms with Crippen LogP contribution in [0, 0.1) is 11.7 Å². The third kappa shape index (κ3) is 2.38. The fraction of sp³-hybridized carbons (Fsp3) is 0.538. The molecule has 0 aliphatic carbocycles. The van der Waals surface area contributed by atoms with Crippen LogP contribution in [0.4, 0.5) is 4.39 Å². The lowest BCUT2D eigenvalue weighted by Gasteiger charge is -2.22. The van der Waals surface area contributed by atoms with Crippen LogP contribution in [0.25, 0.3) is 0 Å². The highest BCUT2D eigenvalue weighted by atomic mass is 35.5. The molecule has 2 atom stereocenters. The third-order valence-electron chi connectivity index (χ3n) is 3.48. The van der Waals surface area contributed by atoms with Crippen molar-refractivity contribution in [2.45, 2.75) is 25.7 Å². The van der Waals surface area contributed by atoms with Gasteiger partial charge in [0.2, 0.25) is 0 Å². The summed E-state index contributed by atoms with van der Waals surface area (Å²) in [4.78, 5) is 0. The molecule has 1 saturated heterocycles. The zero-order valence-corrected chi connectivity index (χ0v) is 10.2. The Hall–Kier alpha value is -0.600. The van der Waals surface area contributed by atoms with Crippen LogP contribution >= 0.6 is 11.6 Å². The molecule has 1 N–H and O–H groups in total. The molecule has 1 aromatic rings. The zero-order valence-electron chi connectivity index (χ0n) is 9.47. The Labute approximate surface area is 101 Å². The Bertz CT molecular complexity index is 361. The van der Waals surface area contributed by atoms with Crippen LogP contribution in [0.1, 0.15) is 31.2 Å². The molecular weight excluding hydrogens is 225 g/mol. The van der Waals surface area contributed by atoms with E-state index in [4.69, 9.17) is 11.6 Å². The molecule has 88 valence electrons. The summed E-state index contributed by atoms with van der Waals surface area (Å²) in [5.41, 5.74) is 1.08. The number of halogens is 2. The molecule has 3 heteroatoms. The first-order valence-corrected chi connectivity index (χ1v) is 6.25. The van der Waals surface area contributed by atoms with Crippen molar-refractivity contribution in [1.82, 2.24) is 5.32 Å². The summed E-state index contributed by atoms with van der Waals surface area (Å²) in [5.74, 6) is 0.774. The molecule has 0 saturated carbocycles. The van der Waals surface area contributed by atoms with E-state index in [0.717, 1.165) is 25.1 Å². The van der Waals surface area contributed by atoms with E-state index in [9.17, 15) is 4.39 Å². The topological polar surface area (TPSA) is 12.0 Å². The average molecular weight is 242 g/mol. The molecule has 0 aromatic heterocycles. The molecule has 1 aliphatic rings. The second kappa shape index (κ2) is 5.15. The predicted octanol–water partition coefficient (Wildman–Crippen LogP) is 3.58. The molecule has 0 radical (unpaired) electrons. The van der Waals surface area contributed by atoms with E-state index in [2.05, 4.69) is 12.2 Å². The molecule has 2 rings (SSSR count). The maximum absolute atomic E-state index is 13.4. The smallest absolute Gasteiger partial charge is 0.142 e. The van der Waals surface area contributed by atoms with Crippen LogP contribution in [0.2, 0.25) is 5.02 Å². The van der Waals surface area contributed by atoms with Crippen molar-refractivity contribution in [3.63, 3.8) is 0 Å². The lowest BCUT2D eigenvalue weighted by atomic mass is 9.83. The first-order chi connectivity index (χ1) is 7.72. The van der Waals surface area contributed by atoms with Crippen LogP contribution < -0.4 is 5.32 Å².